The van der Waals surface area contributed by atoms with Gasteiger partial charge >= 0.3 is 0 Å². The molecule has 2 heterocycles. The van der Waals surface area contributed by atoms with E-state index in [2.05, 4.69) is 63.7 Å². The smallest absolute Gasteiger partial charge is 0.141 e. The Bertz CT molecular complexity index is 1270. The second kappa shape index (κ2) is 10.1. The van der Waals surface area contributed by atoms with E-state index in [-0.39, 0.29) is 5.54 Å². The predicted octanol–water partition coefficient (Wildman–Crippen LogP) is 4.13. The third-order valence-corrected chi connectivity index (χ3v) is 6.13. The van der Waals surface area contributed by atoms with E-state index in [1.807, 2.05) is 43.3 Å². The number of anilines is 2. The highest BCUT2D eigenvalue weighted by Crippen LogP contribution is 2.30. The van der Waals surface area contributed by atoms with Gasteiger partial charge in [0.2, 0.25) is 0 Å². The first-order chi connectivity index (χ1) is 16.4. The minimum Gasteiger partial charge on any atom is -0.492 e. The zero-order chi connectivity index (χ0) is 24.1. The molecule has 1 fully saturated rings. The molecule has 0 aliphatic carbocycles. The van der Waals surface area contributed by atoms with E-state index in [0.717, 1.165) is 59.6 Å². The van der Waals surface area contributed by atoms with E-state index in [0.29, 0.717) is 12.4 Å². The molecule has 0 bridgehead atoms. The highest BCUT2D eigenvalue weighted by Gasteiger charge is 2.27. The van der Waals surface area contributed by atoms with Gasteiger partial charge in [-0.05, 0) is 52.1 Å². The van der Waals surface area contributed by atoms with Crippen molar-refractivity contribution in [3.05, 3.63) is 53.9 Å². The van der Waals surface area contributed by atoms with Gasteiger partial charge in [0.15, 0.2) is 0 Å². The van der Waals surface area contributed by atoms with E-state index in [9.17, 15) is 0 Å². The van der Waals surface area contributed by atoms with Gasteiger partial charge < -0.3 is 15.0 Å². The minimum absolute atomic E-state index is 0.246. The zero-order valence-corrected chi connectivity index (χ0v) is 20.4. The molecule has 0 radical (unpaired) electrons. The SMILES string of the molecule is C#Cc1cccc(Nc2ncnc3cc(OCC)c(C#CC(C)(C)N4CCN(C)CC4)cc23)c1. The van der Waals surface area contributed by atoms with Crippen molar-refractivity contribution in [3.8, 4) is 29.9 Å². The number of terminal acetylenes is 1. The van der Waals surface area contributed by atoms with Crippen molar-refractivity contribution >= 4 is 22.4 Å². The van der Waals surface area contributed by atoms with Crippen LogP contribution in [0.1, 0.15) is 31.9 Å². The maximum absolute atomic E-state index is 5.93. The molecule has 174 valence electrons. The number of likely N-dealkylation sites (N-methyl/N-ethyl adjacent to an activating group) is 1. The first kappa shape index (κ1) is 23.6. The van der Waals surface area contributed by atoms with E-state index in [1.165, 1.54) is 0 Å². The fourth-order valence-electron chi connectivity index (χ4n) is 4.04. The van der Waals surface area contributed by atoms with Crippen LogP contribution in [-0.2, 0) is 0 Å². The predicted molar refractivity (Wildman–Crippen MR) is 138 cm³/mol. The molecule has 1 aliphatic heterocycles. The van der Waals surface area contributed by atoms with Crippen LogP contribution in [0, 0.1) is 24.2 Å². The lowest BCUT2D eigenvalue weighted by molar-refractivity contribution is 0.0946. The number of ether oxygens (including phenoxy) is 1. The molecule has 1 aliphatic rings. The molecule has 1 N–H and O–H groups in total. The lowest BCUT2D eigenvalue weighted by Gasteiger charge is -2.40. The first-order valence-corrected chi connectivity index (χ1v) is 11.6. The van der Waals surface area contributed by atoms with Gasteiger partial charge in [0.05, 0.1) is 23.2 Å². The molecule has 0 unspecified atom stereocenters. The summed E-state index contributed by atoms with van der Waals surface area (Å²) in [6.07, 6.45) is 7.11. The van der Waals surface area contributed by atoms with Crippen molar-refractivity contribution < 1.29 is 4.74 Å². The average molecular weight is 454 g/mol. The summed E-state index contributed by atoms with van der Waals surface area (Å²) in [5.74, 6) is 11.0. The molecule has 6 nitrogen and oxygen atoms in total. The lowest BCUT2D eigenvalue weighted by Crippen LogP contribution is -2.53. The Morgan fingerprint density at radius 3 is 2.65 bits per heavy atom. The van der Waals surface area contributed by atoms with E-state index in [4.69, 9.17) is 11.2 Å². The maximum atomic E-state index is 5.93. The van der Waals surface area contributed by atoms with Gasteiger partial charge in [-0.25, -0.2) is 9.97 Å². The first-order valence-electron chi connectivity index (χ1n) is 11.6. The Labute approximate surface area is 202 Å². The highest BCUT2D eigenvalue weighted by atomic mass is 16.5. The summed E-state index contributed by atoms with van der Waals surface area (Å²) in [4.78, 5) is 13.7. The number of nitrogens with one attached hydrogen (secondary N) is 1. The van der Waals surface area contributed by atoms with E-state index >= 15 is 0 Å². The van der Waals surface area contributed by atoms with Crippen LogP contribution in [0.25, 0.3) is 10.9 Å². The topological polar surface area (TPSA) is 53.5 Å². The zero-order valence-electron chi connectivity index (χ0n) is 20.4. The molecule has 4 rings (SSSR count). The number of fused-ring (bicyclic) bond motifs is 1. The number of hydrogen-bond acceptors (Lipinski definition) is 6. The van der Waals surface area contributed by atoms with Crippen molar-refractivity contribution in [2.24, 2.45) is 0 Å². The summed E-state index contributed by atoms with van der Waals surface area (Å²) in [6, 6.07) is 11.7. The molecule has 1 aromatic heterocycles. The second-order valence-corrected chi connectivity index (χ2v) is 8.97. The van der Waals surface area contributed by atoms with Crippen molar-refractivity contribution in [1.29, 1.82) is 0 Å². The van der Waals surface area contributed by atoms with Crippen molar-refractivity contribution in [2.75, 3.05) is 45.2 Å². The molecule has 1 saturated heterocycles. The minimum atomic E-state index is -0.246. The molecule has 0 amide bonds. The third kappa shape index (κ3) is 5.31. The van der Waals surface area contributed by atoms with Gasteiger partial charge in [-0.3, -0.25) is 4.90 Å². The van der Waals surface area contributed by atoms with Crippen LogP contribution >= 0.6 is 0 Å². The van der Waals surface area contributed by atoms with Crippen LogP contribution < -0.4 is 10.1 Å². The van der Waals surface area contributed by atoms with Gasteiger partial charge in [0, 0.05) is 48.9 Å². The highest BCUT2D eigenvalue weighted by molar-refractivity contribution is 5.93. The fraction of sp³-hybridized carbons (Fsp3) is 0.357. The molecular formula is C28H31N5O. The van der Waals surface area contributed by atoms with Crippen LogP contribution in [0.2, 0.25) is 0 Å². The monoisotopic (exact) mass is 453 g/mol. The molecule has 0 saturated carbocycles. The van der Waals surface area contributed by atoms with Gasteiger partial charge in [0.1, 0.15) is 17.9 Å². The molecule has 34 heavy (non-hydrogen) atoms. The molecule has 6 heteroatoms. The molecule has 2 aromatic carbocycles. The van der Waals surface area contributed by atoms with Crippen LogP contribution in [0.15, 0.2) is 42.7 Å². The summed E-state index contributed by atoms with van der Waals surface area (Å²) >= 11 is 0. The van der Waals surface area contributed by atoms with E-state index < -0.39 is 0 Å². The summed E-state index contributed by atoms with van der Waals surface area (Å²) in [6.45, 7) is 11.0. The largest absolute Gasteiger partial charge is 0.492 e. The van der Waals surface area contributed by atoms with Crippen LogP contribution in [-0.4, -0.2) is 65.1 Å². The summed E-state index contributed by atoms with van der Waals surface area (Å²) in [5.41, 5.74) is 3.04. The fourth-order valence-corrected chi connectivity index (χ4v) is 4.04. The summed E-state index contributed by atoms with van der Waals surface area (Å²) in [7, 11) is 2.16. The number of nitrogens with zero attached hydrogens (tertiary/aromatic N) is 4. The number of rotatable bonds is 5. The molecule has 0 atom stereocenters. The van der Waals surface area contributed by atoms with Crippen molar-refractivity contribution in [3.63, 3.8) is 0 Å². The number of piperazine rings is 1. The quantitative estimate of drug-likeness (QED) is 0.587. The standard InChI is InChI=1S/C28H31N5O/c1-6-21-9-8-10-23(17-21)31-27-24-18-22(26(34-7-2)19-25(24)29-20-30-27)11-12-28(3,4)33-15-13-32(5)14-16-33/h1,8-10,17-20H,7,13-16H2,2-5H3,(H,29,30,31). The maximum Gasteiger partial charge on any atom is 0.141 e. The lowest BCUT2D eigenvalue weighted by atomic mass is 10.0. The third-order valence-electron chi connectivity index (χ3n) is 6.13. The number of hydrogen-bond donors (Lipinski definition) is 1. The number of benzene rings is 2. The summed E-state index contributed by atoms with van der Waals surface area (Å²) < 4.78 is 5.93. The normalized spacial score (nSPS) is 14.8. The average Bonchev–Trinajstić information content (AvgIpc) is 2.83. The van der Waals surface area contributed by atoms with Gasteiger partial charge in [0.25, 0.3) is 0 Å². The van der Waals surface area contributed by atoms with Gasteiger partial charge in [-0.15, -0.1) is 6.42 Å². The van der Waals surface area contributed by atoms with E-state index in [1.54, 1.807) is 6.33 Å². The van der Waals surface area contributed by atoms with Gasteiger partial charge in [-0.1, -0.05) is 23.8 Å². The molecule has 0 spiro atoms. The van der Waals surface area contributed by atoms with Crippen LogP contribution in [0.3, 0.4) is 0 Å². The van der Waals surface area contributed by atoms with Crippen molar-refractivity contribution in [1.82, 2.24) is 19.8 Å². The van der Waals surface area contributed by atoms with Crippen LogP contribution in [0.5, 0.6) is 5.75 Å². The Kier molecular flexibility index (Phi) is 7.03. The molecule has 3 aromatic rings. The Morgan fingerprint density at radius 2 is 1.91 bits per heavy atom. The molecular weight excluding hydrogens is 422 g/mol. The Morgan fingerprint density at radius 1 is 1.12 bits per heavy atom. The van der Waals surface area contributed by atoms with Crippen LogP contribution in [0.4, 0.5) is 11.5 Å². The van der Waals surface area contributed by atoms with Gasteiger partial charge in [-0.2, -0.15) is 0 Å². The number of aromatic nitrogens is 2. The Hall–Kier alpha value is -3.58. The second-order valence-electron chi connectivity index (χ2n) is 8.97. The van der Waals surface area contributed by atoms with Crippen molar-refractivity contribution in [2.45, 2.75) is 26.3 Å². The summed E-state index contributed by atoms with van der Waals surface area (Å²) in [5, 5.41) is 4.25. The Balaban J connectivity index is 1.71.